The lowest BCUT2D eigenvalue weighted by atomic mass is 10.1. The largest absolute Gasteiger partial charge is 0.481 e. The van der Waals surface area contributed by atoms with Crippen molar-refractivity contribution in [2.45, 2.75) is 38.1 Å². The van der Waals surface area contributed by atoms with Crippen molar-refractivity contribution in [2.24, 2.45) is 0 Å². The predicted molar refractivity (Wildman–Crippen MR) is 51.2 cm³/mol. The van der Waals surface area contributed by atoms with Crippen LogP contribution in [-0.4, -0.2) is 20.6 Å². The lowest BCUT2D eigenvalue weighted by Crippen LogP contribution is -2.03. The van der Waals surface area contributed by atoms with E-state index in [1.807, 2.05) is 19.4 Å². The van der Waals surface area contributed by atoms with Gasteiger partial charge in [-0.3, -0.25) is 4.79 Å². The van der Waals surface area contributed by atoms with E-state index in [1.165, 1.54) is 12.8 Å². The molecule has 2 rings (SSSR count). The van der Waals surface area contributed by atoms with Crippen LogP contribution < -0.4 is 0 Å². The van der Waals surface area contributed by atoms with Gasteiger partial charge in [-0.2, -0.15) is 0 Å². The van der Waals surface area contributed by atoms with Crippen molar-refractivity contribution in [1.29, 1.82) is 0 Å². The Balaban J connectivity index is 2.03. The molecule has 0 aromatic carbocycles. The summed E-state index contributed by atoms with van der Waals surface area (Å²) in [7, 11) is 0. The normalized spacial score (nSPS) is 18.1. The summed E-state index contributed by atoms with van der Waals surface area (Å²) in [4.78, 5) is 14.7. The zero-order valence-electron chi connectivity index (χ0n) is 8.18. The van der Waals surface area contributed by atoms with E-state index in [0.29, 0.717) is 6.04 Å². The van der Waals surface area contributed by atoms with Gasteiger partial charge in [0.15, 0.2) is 0 Å². The van der Waals surface area contributed by atoms with E-state index in [1.54, 1.807) is 0 Å². The third-order valence-electron chi connectivity index (χ3n) is 2.58. The van der Waals surface area contributed by atoms with Crippen LogP contribution in [0.2, 0.25) is 0 Å². The van der Waals surface area contributed by atoms with E-state index in [9.17, 15) is 4.79 Å². The molecule has 1 N–H and O–H groups in total. The van der Waals surface area contributed by atoms with Gasteiger partial charge in [0.05, 0.1) is 18.4 Å². The SMILES string of the molecule is CC(CC(=O)O)c1cn(C2CC2)cn1. The van der Waals surface area contributed by atoms with E-state index in [4.69, 9.17) is 5.11 Å². The zero-order valence-corrected chi connectivity index (χ0v) is 8.18. The zero-order chi connectivity index (χ0) is 10.1. The standard InChI is InChI=1S/C10H14N2O2/c1-7(4-10(13)14)9-5-12(6-11-9)8-2-3-8/h5-8H,2-4H2,1H3,(H,13,14). The molecule has 1 aliphatic carbocycles. The Morgan fingerprint density at radius 2 is 2.50 bits per heavy atom. The van der Waals surface area contributed by atoms with Crippen molar-refractivity contribution in [3.63, 3.8) is 0 Å². The van der Waals surface area contributed by atoms with Crippen LogP contribution in [-0.2, 0) is 4.79 Å². The van der Waals surface area contributed by atoms with Gasteiger partial charge in [-0.25, -0.2) is 4.98 Å². The first kappa shape index (κ1) is 9.24. The first-order valence-electron chi connectivity index (χ1n) is 4.92. The number of carboxylic acids is 1. The molecule has 1 aromatic heterocycles. The molecule has 0 amide bonds. The van der Waals surface area contributed by atoms with Crippen LogP contribution in [0.3, 0.4) is 0 Å². The first-order chi connectivity index (χ1) is 6.66. The highest BCUT2D eigenvalue weighted by atomic mass is 16.4. The fraction of sp³-hybridized carbons (Fsp3) is 0.600. The van der Waals surface area contributed by atoms with Crippen LogP contribution in [0.4, 0.5) is 0 Å². The molecule has 0 aliphatic heterocycles. The lowest BCUT2D eigenvalue weighted by Gasteiger charge is -2.03. The second kappa shape index (κ2) is 3.44. The minimum atomic E-state index is -0.765. The molecule has 4 nitrogen and oxygen atoms in total. The highest BCUT2D eigenvalue weighted by Crippen LogP contribution is 2.35. The Bertz CT molecular complexity index is 342. The Morgan fingerprint density at radius 3 is 3.07 bits per heavy atom. The lowest BCUT2D eigenvalue weighted by molar-refractivity contribution is -0.137. The van der Waals surface area contributed by atoms with E-state index in [0.717, 1.165) is 5.69 Å². The molecule has 1 fully saturated rings. The van der Waals surface area contributed by atoms with Gasteiger partial charge in [0, 0.05) is 18.2 Å². The quantitative estimate of drug-likeness (QED) is 0.795. The number of carboxylic acid groups (broad SMARTS) is 1. The van der Waals surface area contributed by atoms with Crippen molar-refractivity contribution in [3.8, 4) is 0 Å². The minimum Gasteiger partial charge on any atom is -0.481 e. The molecule has 1 aromatic rings. The molecule has 1 atom stereocenters. The van der Waals surface area contributed by atoms with Crippen molar-refractivity contribution in [2.75, 3.05) is 0 Å². The third-order valence-corrected chi connectivity index (χ3v) is 2.58. The molecule has 76 valence electrons. The molecule has 0 radical (unpaired) electrons. The summed E-state index contributed by atoms with van der Waals surface area (Å²) >= 11 is 0. The van der Waals surface area contributed by atoms with Crippen molar-refractivity contribution in [1.82, 2.24) is 9.55 Å². The third kappa shape index (κ3) is 1.95. The molecule has 1 saturated carbocycles. The fourth-order valence-electron chi connectivity index (χ4n) is 1.55. The number of nitrogens with zero attached hydrogens (tertiary/aromatic N) is 2. The van der Waals surface area contributed by atoms with Crippen LogP contribution in [0.25, 0.3) is 0 Å². The Morgan fingerprint density at radius 1 is 1.79 bits per heavy atom. The molecule has 1 aliphatic rings. The molecule has 1 unspecified atom stereocenters. The second-order valence-electron chi connectivity index (χ2n) is 3.98. The maximum absolute atomic E-state index is 10.5. The van der Waals surface area contributed by atoms with Gasteiger partial charge in [-0.1, -0.05) is 6.92 Å². The van der Waals surface area contributed by atoms with E-state index < -0.39 is 5.97 Å². The highest BCUT2D eigenvalue weighted by Gasteiger charge is 2.24. The maximum Gasteiger partial charge on any atom is 0.304 e. The molecular weight excluding hydrogens is 180 g/mol. The molecule has 4 heteroatoms. The average Bonchev–Trinajstić information content (AvgIpc) is 2.82. The van der Waals surface area contributed by atoms with Crippen LogP contribution in [0, 0.1) is 0 Å². The van der Waals surface area contributed by atoms with Gasteiger partial charge in [-0.15, -0.1) is 0 Å². The van der Waals surface area contributed by atoms with Crippen molar-refractivity contribution >= 4 is 5.97 Å². The summed E-state index contributed by atoms with van der Waals surface area (Å²) in [6.07, 6.45) is 6.39. The number of aromatic nitrogens is 2. The first-order valence-corrected chi connectivity index (χ1v) is 4.92. The van der Waals surface area contributed by atoms with Crippen LogP contribution in [0.1, 0.15) is 43.8 Å². The molecule has 0 saturated heterocycles. The number of hydrogen-bond donors (Lipinski definition) is 1. The number of imidazole rings is 1. The van der Waals surface area contributed by atoms with E-state index in [-0.39, 0.29) is 12.3 Å². The van der Waals surface area contributed by atoms with Crippen LogP contribution in [0.5, 0.6) is 0 Å². The Hall–Kier alpha value is -1.32. The molecule has 1 heterocycles. The number of hydrogen-bond acceptors (Lipinski definition) is 2. The number of rotatable bonds is 4. The summed E-state index contributed by atoms with van der Waals surface area (Å²) in [6, 6.07) is 0.619. The second-order valence-corrected chi connectivity index (χ2v) is 3.98. The average molecular weight is 194 g/mol. The van der Waals surface area contributed by atoms with Gasteiger partial charge in [-0.05, 0) is 12.8 Å². The fourth-order valence-corrected chi connectivity index (χ4v) is 1.55. The van der Waals surface area contributed by atoms with Gasteiger partial charge < -0.3 is 9.67 Å². The predicted octanol–water partition coefficient (Wildman–Crippen LogP) is 1.80. The summed E-state index contributed by atoms with van der Waals surface area (Å²) in [5, 5.41) is 8.64. The molecule has 0 bridgehead atoms. The van der Waals surface area contributed by atoms with Gasteiger partial charge in [0.25, 0.3) is 0 Å². The monoisotopic (exact) mass is 194 g/mol. The van der Waals surface area contributed by atoms with Gasteiger partial charge in [0.1, 0.15) is 0 Å². The minimum absolute atomic E-state index is 0.00694. The molecule has 0 spiro atoms. The summed E-state index contributed by atoms with van der Waals surface area (Å²) in [6.45, 7) is 1.90. The highest BCUT2D eigenvalue weighted by molar-refractivity contribution is 5.67. The van der Waals surface area contributed by atoms with Crippen LogP contribution >= 0.6 is 0 Å². The summed E-state index contributed by atoms with van der Waals surface area (Å²) in [5.74, 6) is -0.758. The number of aliphatic carboxylic acids is 1. The Kier molecular flexibility index (Phi) is 2.27. The maximum atomic E-state index is 10.5. The summed E-state index contributed by atoms with van der Waals surface area (Å²) in [5.41, 5.74) is 0.888. The van der Waals surface area contributed by atoms with E-state index in [2.05, 4.69) is 9.55 Å². The van der Waals surface area contributed by atoms with Crippen LogP contribution in [0.15, 0.2) is 12.5 Å². The van der Waals surface area contributed by atoms with Crippen molar-refractivity contribution in [3.05, 3.63) is 18.2 Å². The topological polar surface area (TPSA) is 55.1 Å². The smallest absolute Gasteiger partial charge is 0.304 e. The van der Waals surface area contributed by atoms with Crippen molar-refractivity contribution < 1.29 is 9.90 Å². The van der Waals surface area contributed by atoms with E-state index >= 15 is 0 Å². The Labute approximate surface area is 82.6 Å². The van der Waals surface area contributed by atoms with Gasteiger partial charge >= 0.3 is 5.97 Å². The number of carbonyl (C=O) groups is 1. The molecule has 14 heavy (non-hydrogen) atoms. The van der Waals surface area contributed by atoms with Gasteiger partial charge in [0.2, 0.25) is 0 Å². The molecular formula is C10H14N2O2. The summed E-state index contributed by atoms with van der Waals surface area (Å²) < 4.78 is 2.09.